The minimum atomic E-state index is 0.372. The summed E-state index contributed by atoms with van der Waals surface area (Å²) in [7, 11) is 0. The molecular formula is C10H16O. The molecule has 1 aliphatic heterocycles. The predicted molar refractivity (Wildman–Crippen MR) is 45.5 cm³/mol. The monoisotopic (exact) mass is 152 g/mol. The summed E-state index contributed by atoms with van der Waals surface area (Å²) in [6.07, 6.45) is 10.2. The molecule has 1 nitrogen and oxygen atoms in total. The lowest BCUT2D eigenvalue weighted by molar-refractivity contribution is -0.0609. The standard InChI is InChI=1S/C10H16O/c1-10-6-3-2-5-9(10)11-8-4-7-10/h3,6,9H,2,4-5,7-8H2,1H3. The molecule has 2 aliphatic rings. The Hall–Kier alpha value is -0.300. The third-order valence-electron chi connectivity index (χ3n) is 3.01. The zero-order valence-electron chi connectivity index (χ0n) is 7.18. The maximum absolute atomic E-state index is 5.73. The Kier molecular flexibility index (Phi) is 1.76. The van der Waals surface area contributed by atoms with Crippen LogP contribution in [0, 0.1) is 5.41 Å². The highest BCUT2D eigenvalue weighted by Gasteiger charge is 2.36. The van der Waals surface area contributed by atoms with Crippen molar-refractivity contribution in [3.63, 3.8) is 0 Å². The number of rotatable bonds is 0. The molecule has 0 bridgehead atoms. The van der Waals surface area contributed by atoms with E-state index in [1.165, 1.54) is 25.7 Å². The van der Waals surface area contributed by atoms with Gasteiger partial charge in [0.15, 0.2) is 0 Å². The Morgan fingerprint density at radius 2 is 2.45 bits per heavy atom. The summed E-state index contributed by atoms with van der Waals surface area (Å²) in [6.45, 7) is 3.31. The first kappa shape index (κ1) is 7.35. The molecule has 2 unspecified atom stereocenters. The molecule has 1 aliphatic carbocycles. The van der Waals surface area contributed by atoms with E-state index in [9.17, 15) is 0 Å². The summed E-state index contributed by atoms with van der Waals surface area (Å²) in [4.78, 5) is 0. The van der Waals surface area contributed by atoms with Crippen LogP contribution in [0.15, 0.2) is 12.2 Å². The van der Waals surface area contributed by atoms with Crippen LogP contribution in [0.25, 0.3) is 0 Å². The Morgan fingerprint density at radius 1 is 1.55 bits per heavy atom. The fourth-order valence-corrected chi connectivity index (χ4v) is 2.23. The van der Waals surface area contributed by atoms with Gasteiger partial charge in [0.05, 0.1) is 6.10 Å². The van der Waals surface area contributed by atoms with E-state index in [0.717, 1.165) is 6.61 Å². The van der Waals surface area contributed by atoms with Crippen molar-refractivity contribution in [1.29, 1.82) is 0 Å². The highest BCUT2D eigenvalue weighted by molar-refractivity contribution is 5.07. The number of ether oxygens (including phenoxy) is 1. The number of allylic oxidation sites excluding steroid dienone is 1. The lowest BCUT2D eigenvalue weighted by atomic mass is 9.73. The van der Waals surface area contributed by atoms with Crippen molar-refractivity contribution in [3.05, 3.63) is 12.2 Å². The van der Waals surface area contributed by atoms with Crippen LogP contribution in [-0.2, 0) is 4.74 Å². The molecule has 62 valence electrons. The van der Waals surface area contributed by atoms with E-state index in [1.54, 1.807) is 0 Å². The smallest absolute Gasteiger partial charge is 0.0666 e. The van der Waals surface area contributed by atoms with E-state index in [2.05, 4.69) is 19.1 Å². The molecular weight excluding hydrogens is 136 g/mol. The van der Waals surface area contributed by atoms with Gasteiger partial charge in [-0.05, 0) is 25.7 Å². The quantitative estimate of drug-likeness (QED) is 0.485. The lowest BCUT2D eigenvalue weighted by Crippen LogP contribution is -2.39. The van der Waals surface area contributed by atoms with Crippen LogP contribution in [0.1, 0.15) is 32.6 Å². The van der Waals surface area contributed by atoms with Crippen molar-refractivity contribution in [1.82, 2.24) is 0 Å². The Balaban J connectivity index is 2.17. The van der Waals surface area contributed by atoms with Crippen LogP contribution in [0.5, 0.6) is 0 Å². The zero-order chi connectivity index (χ0) is 7.73. The maximum Gasteiger partial charge on any atom is 0.0666 e. The Bertz CT molecular complexity index is 174. The Labute approximate surface area is 68.4 Å². The first-order valence-corrected chi connectivity index (χ1v) is 4.61. The molecule has 1 fully saturated rings. The third-order valence-corrected chi connectivity index (χ3v) is 3.01. The molecule has 0 spiro atoms. The molecule has 0 saturated carbocycles. The molecule has 1 heteroatoms. The minimum Gasteiger partial charge on any atom is -0.377 e. The molecule has 2 rings (SSSR count). The van der Waals surface area contributed by atoms with Gasteiger partial charge in [0, 0.05) is 12.0 Å². The average Bonchev–Trinajstić information content (AvgIpc) is 2.03. The number of fused-ring (bicyclic) bond motifs is 1. The van der Waals surface area contributed by atoms with Crippen LogP contribution < -0.4 is 0 Å². The molecule has 1 saturated heterocycles. The second kappa shape index (κ2) is 2.63. The molecule has 11 heavy (non-hydrogen) atoms. The zero-order valence-corrected chi connectivity index (χ0v) is 7.18. The van der Waals surface area contributed by atoms with Crippen molar-refractivity contribution in [2.45, 2.75) is 38.7 Å². The summed E-state index contributed by atoms with van der Waals surface area (Å²) in [5.41, 5.74) is 0.372. The van der Waals surface area contributed by atoms with Crippen LogP contribution in [-0.4, -0.2) is 12.7 Å². The first-order chi connectivity index (χ1) is 5.31. The SMILES string of the molecule is CC12C=CCCC1OCCC2. The van der Waals surface area contributed by atoms with Crippen LogP contribution in [0.2, 0.25) is 0 Å². The van der Waals surface area contributed by atoms with Crippen molar-refractivity contribution in [2.24, 2.45) is 5.41 Å². The molecule has 0 aromatic rings. The second-order valence-corrected chi connectivity index (χ2v) is 3.95. The minimum absolute atomic E-state index is 0.372. The van der Waals surface area contributed by atoms with Gasteiger partial charge in [-0.2, -0.15) is 0 Å². The van der Waals surface area contributed by atoms with Crippen molar-refractivity contribution in [2.75, 3.05) is 6.61 Å². The topological polar surface area (TPSA) is 9.23 Å². The molecule has 0 aromatic carbocycles. The highest BCUT2D eigenvalue weighted by atomic mass is 16.5. The largest absolute Gasteiger partial charge is 0.377 e. The van der Waals surface area contributed by atoms with Gasteiger partial charge in [0.25, 0.3) is 0 Å². The maximum atomic E-state index is 5.73. The predicted octanol–water partition coefficient (Wildman–Crippen LogP) is 2.52. The summed E-state index contributed by atoms with van der Waals surface area (Å²) in [6, 6.07) is 0. The summed E-state index contributed by atoms with van der Waals surface area (Å²) in [5, 5.41) is 0. The molecule has 2 atom stereocenters. The number of hydrogen-bond donors (Lipinski definition) is 0. The van der Waals surface area contributed by atoms with Gasteiger partial charge < -0.3 is 4.74 Å². The molecule has 0 N–H and O–H groups in total. The summed E-state index contributed by atoms with van der Waals surface area (Å²) < 4.78 is 5.73. The van der Waals surface area contributed by atoms with Crippen molar-refractivity contribution in [3.8, 4) is 0 Å². The van der Waals surface area contributed by atoms with E-state index in [-0.39, 0.29) is 0 Å². The summed E-state index contributed by atoms with van der Waals surface area (Å²) in [5.74, 6) is 0. The van der Waals surface area contributed by atoms with E-state index in [4.69, 9.17) is 4.74 Å². The van der Waals surface area contributed by atoms with Crippen molar-refractivity contribution < 1.29 is 4.74 Å². The van der Waals surface area contributed by atoms with Gasteiger partial charge in [0.2, 0.25) is 0 Å². The van der Waals surface area contributed by atoms with Gasteiger partial charge in [-0.1, -0.05) is 19.1 Å². The highest BCUT2D eigenvalue weighted by Crippen LogP contribution is 2.40. The number of hydrogen-bond acceptors (Lipinski definition) is 1. The fourth-order valence-electron chi connectivity index (χ4n) is 2.23. The normalized spacial score (nSPS) is 43.5. The molecule has 0 radical (unpaired) electrons. The third kappa shape index (κ3) is 1.22. The lowest BCUT2D eigenvalue weighted by Gasteiger charge is -2.41. The average molecular weight is 152 g/mol. The van der Waals surface area contributed by atoms with Gasteiger partial charge in [-0.25, -0.2) is 0 Å². The van der Waals surface area contributed by atoms with Gasteiger partial charge >= 0.3 is 0 Å². The summed E-state index contributed by atoms with van der Waals surface area (Å²) >= 11 is 0. The molecule has 1 heterocycles. The first-order valence-electron chi connectivity index (χ1n) is 4.61. The van der Waals surface area contributed by atoms with Gasteiger partial charge in [0.1, 0.15) is 0 Å². The fraction of sp³-hybridized carbons (Fsp3) is 0.800. The molecule has 0 aromatic heterocycles. The van der Waals surface area contributed by atoms with Gasteiger partial charge in [-0.15, -0.1) is 0 Å². The molecule has 0 amide bonds. The van der Waals surface area contributed by atoms with Crippen molar-refractivity contribution >= 4 is 0 Å². The van der Waals surface area contributed by atoms with E-state index in [0.29, 0.717) is 11.5 Å². The van der Waals surface area contributed by atoms with E-state index in [1.807, 2.05) is 0 Å². The van der Waals surface area contributed by atoms with Crippen LogP contribution in [0.4, 0.5) is 0 Å². The van der Waals surface area contributed by atoms with Crippen LogP contribution >= 0.6 is 0 Å². The van der Waals surface area contributed by atoms with E-state index >= 15 is 0 Å². The van der Waals surface area contributed by atoms with E-state index < -0.39 is 0 Å². The Morgan fingerprint density at radius 3 is 3.27 bits per heavy atom. The van der Waals surface area contributed by atoms with Crippen LogP contribution in [0.3, 0.4) is 0 Å². The second-order valence-electron chi connectivity index (χ2n) is 3.95. The van der Waals surface area contributed by atoms with Gasteiger partial charge in [-0.3, -0.25) is 0 Å².